The van der Waals surface area contributed by atoms with E-state index in [1.165, 1.54) is 5.56 Å². The summed E-state index contributed by atoms with van der Waals surface area (Å²) >= 11 is 6.53. The van der Waals surface area contributed by atoms with Gasteiger partial charge in [-0.3, -0.25) is 9.59 Å². The number of fused-ring (bicyclic) bond motifs is 1. The van der Waals surface area contributed by atoms with Gasteiger partial charge in [0.25, 0.3) is 5.91 Å². The van der Waals surface area contributed by atoms with E-state index in [9.17, 15) is 9.59 Å². The summed E-state index contributed by atoms with van der Waals surface area (Å²) < 4.78 is 7.86. The van der Waals surface area contributed by atoms with Crippen LogP contribution in [0, 0.1) is 13.8 Å². The maximum absolute atomic E-state index is 13.2. The van der Waals surface area contributed by atoms with Crippen molar-refractivity contribution in [2.75, 3.05) is 0 Å². The maximum Gasteiger partial charge on any atom is 0.251 e. The van der Waals surface area contributed by atoms with Crippen molar-refractivity contribution in [3.05, 3.63) is 99.2 Å². The van der Waals surface area contributed by atoms with Crippen molar-refractivity contribution >= 4 is 34.7 Å². The third-order valence-electron chi connectivity index (χ3n) is 7.19. The second-order valence-electron chi connectivity index (χ2n) is 10.3. The number of ether oxygens (including phenoxy) is 1. The minimum Gasteiger partial charge on any atom is -0.483 e. The minimum atomic E-state index is -0.535. The normalized spacial score (nSPS) is 12.9. The first-order chi connectivity index (χ1) is 18.1. The van der Waals surface area contributed by atoms with E-state index in [1.807, 2.05) is 37.3 Å². The van der Waals surface area contributed by atoms with E-state index < -0.39 is 6.10 Å². The first kappa shape index (κ1) is 27.5. The Hall–Kier alpha value is -3.57. The van der Waals surface area contributed by atoms with Crippen LogP contribution >= 0.6 is 11.6 Å². The van der Waals surface area contributed by atoms with Crippen LogP contribution in [-0.4, -0.2) is 22.9 Å². The predicted octanol–water partition coefficient (Wildman–Crippen LogP) is 7.54. The second-order valence-corrected chi connectivity index (χ2v) is 10.7. The summed E-state index contributed by atoms with van der Waals surface area (Å²) in [5, 5.41) is 4.81. The summed E-state index contributed by atoms with van der Waals surface area (Å²) in [4.78, 5) is 24.2. The zero-order chi connectivity index (χ0) is 27.6. The van der Waals surface area contributed by atoms with E-state index >= 15 is 0 Å². The Kier molecular flexibility index (Phi) is 8.27. The van der Waals surface area contributed by atoms with Crippen molar-refractivity contribution in [2.24, 2.45) is 0 Å². The number of amides is 1. The molecule has 6 heteroatoms. The molecule has 1 amide bonds. The minimum absolute atomic E-state index is 0.101. The van der Waals surface area contributed by atoms with Crippen molar-refractivity contribution in [2.45, 2.75) is 66.2 Å². The summed E-state index contributed by atoms with van der Waals surface area (Å²) in [6, 6.07) is 19.5. The Bertz CT molecular complexity index is 1490. The molecule has 4 aromatic rings. The fourth-order valence-corrected chi connectivity index (χ4v) is 4.88. The van der Waals surface area contributed by atoms with E-state index in [4.69, 9.17) is 16.3 Å². The van der Waals surface area contributed by atoms with Crippen molar-refractivity contribution in [1.82, 2.24) is 9.88 Å². The van der Waals surface area contributed by atoms with Gasteiger partial charge in [-0.15, -0.1) is 0 Å². The number of hydrogen-bond donors (Lipinski definition) is 1. The van der Waals surface area contributed by atoms with Crippen LogP contribution in [-0.2, 0) is 11.3 Å². The number of nitrogens with zero attached hydrogens (tertiary/aromatic N) is 1. The molecule has 0 aliphatic heterocycles. The molecule has 0 aliphatic carbocycles. The highest BCUT2D eigenvalue weighted by atomic mass is 35.5. The van der Waals surface area contributed by atoms with E-state index in [0.29, 0.717) is 28.8 Å². The Labute approximate surface area is 229 Å². The average molecular weight is 531 g/mol. The third kappa shape index (κ3) is 5.78. The zero-order valence-corrected chi connectivity index (χ0v) is 23.6. The van der Waals surface area contributed by atoms with Crippen molar-refractivity contribution < 1.29 is 14.3 Å². The maximum atomic E-state index is 13.2. The molecular formula is C32H35ClN2O3. The Balaban J connectivity index is 1.59. The number of nitrogens with one attached hydrogen (secondary N) is 1. The fourth-order valence-electron chi connectivity index (χ4n) is 4.70. The van der Waals surface area contributed by atoms with Crippen LogP contribution in [0.5, 0.6) is 5.75 Å². The van der Waals surface area contributed by atoms with Gasteiger partial charge in [0.15, 0.2) is 12.4 Å². The standard InChI is InChI=1S/C32H35ClN2O3/c1-19(2)24-8-7-9-25(14-24)22(5)34-32(37)26-10-13-31-29(16-26)21(4)23(6)35(31)17-27-15-28(11-12-30(27)33)38-20(3)18-36/h7-16,18-20,22H,17H2,1-6H3,(H,34,37)/t20-,22-/m0/s1. The highest BCUT2D eigenvalue weighted by Crippen LogP contribution is 2.30. The molecule has 1 heterocycles. The number of aryl methyl sites for hydroxylation is 1. The summed E-state index contributed by atoms with van der Waals surface area (Å²) in [5.74, 6) is 0.929. The molecule has 0 spiro atoms. The van der Waals surface area contributed by atoms with E-state index in [2.05, 4.69) is 55.8 Å². The third-order valence-corrected chi connectivity index (χ3v) is 7.55. The van der Waals surface area contributed by atoms with Gasteiger partial charge in [-0.05, 0) is 92.3 Å². The van der Waals surface area contributed by atoms with E-state index in [-0.39, 0.29) is 11.9 Å². The van der Waals surface area contributed by atoms with Gasteiger partial charge >= 0.3 is 0 Å². The topological polar surface area (TPSA) is 60.3 Å². The molecule has 0 aliphatic rings. The van der Waals surface area contributed by atoms with E-state index in [0.717, 1.165) is 39.6 Å². The molecule has 0 unspecified atom stereocenters. The molecule has 0 fully saturated rings. The number of aldehydes is 1. The van der Waals surface area contributed by atoms with Crippen LogP contribution in [0.15, 0.2) is 60.7 Å². The number of carbonyl (C=O) groups is 2. The monoisotopic (exact) mass is 530 g/mol. The molecule has 1 aromatic heterocycles. The summed E-state index contributed by atoms with van der Waals surface area (Å²) in [7, 11) is 0. The highest BCUT2D eigenvalue weighted by Gasteiger charge is 2.17. The lowest BCUT2D eigenvalue weighted by molar-refractivity contribution is -0.113. The number of benzene rings is 3. The Morgan fingerprint density at radius 1 is 1.00 bits per heavy atom. The number of hydrogen-bond acceptors (Lipinski definition) is 3. The molecule has 198 valence electrons. The molecule has 1 N–H and O–H groups in total. The van der Waals surface area contributed by atoms with Gasteiger partial charge in [0.2, 0.25) is 0 Å². The SMILES string of the molecule is Cc1c(C)n(Cc2cc(O[C@@H](C)C=O)ccc2Cl)c2ccc(C(=O)N[C@@H](C)c3cccc(C(C)C)c3)cc12. The van der Waals surface area contributed by atoms with Crippen LogP contribution in [0.2, 0.25) is 5.02 Å². The van der Waals surface area contributed by atoms with Gasteiger partial charge in [-0.25, -0.2) is 0 Å². The quantitative estimate of drug-likeness (QED) is 0.227. The Morgan fingerprint density at radius 2 is 1.74 bits per heavy atom. The molecule has 38 heavy (non-hydrogen) atoms. The molecular weight excluding hydrogens is 496 g/mol. The van der Waals surface area contributed by atoms with Crippen molar-refractivity contribution in [1.29, 1.82) is 0 Å². The smallest absolute Gasteiger partial charge is 0.251 e. The van der Waals surface area contributed by atoms with Gasteiger partial charge in [-0.2, -0.15) is 0 Å². The first-order valence-electron chi connectivity index (χ1n) is 13.0. The van der Waals surface area contributed by atoms with E-state index in [1.54, 1.807) is 19.1 Å². The van der Waals surface area contributed by atoms with Crippen LogP contribution in [0.25, 0.3) is 10.9 Å². The summed E-state index contributed by atoms with van der Waals surface area (Å²) in [6.07, 6.45) is 0.227. The van der Waals surface area contributed by atoms with Gasteiger partial charge in [0.1, 0.15) is 5.75 Å². The lowest BCUT2D eigenvalue weighted by atomic mass is 9.98. The fraction of sp³-hybridized carbons (Fsp3) is 0.312. The molecule has 2 atom stereocenters. The lowest BCUT2D eigenvalue weighted by Crippen LogP contribution is -2.26. The molecule has 0 saturated heterocycles. The Morgan fingerprint density at radius 3 is 2.45 bits per heavy atom. The summed E-state index contributed by atoms with van der Waals surface area (Å²) in [5.41, 5.74) is 7.10. The van der Waals surface area contributed by atoms with Crippen molar-refractivity contribution in [3.63, 3.8) is 0 Å². The highest BCUT2D eigenvalue weighted by molar-refractivity contribution is 6.31. The van der Waals surface area contributed by atoms with Crippen molar-refractivity contribution in [3.8, 4) is 5.75 Å². The average Bonchev–Trinajstić information content (AvgIpc) is 3.14. The predicted molar refractivity (Wildman–Crippen MR) is 155 cm³/mol. The van der Waals surface area contributed by atoms with Gasteiger partial charge in [-0.1, -0.05) is 49.7 Å². The molecule has 0 radical (unpaired) electrons. The number of rotatable bonds is 9. The van der Waals surface area contributed by atoms with Gasteiger partial charge in [0.05, 0.1) is 6.04 Å². The first-order valence-corrected chi connectivity index (χ1v) is 13.4. The van der Waals surface area contributed by atoms with Gasteiger partial charge in [0, 0.05) is 33.7 Å². The number of aromatic nitrogens is 1. The van der Waals surface area contributed by atoms with Crippen LogP contribution in [0.1, 0.15) is 78.0 Å². The van der Waals surface area contributed by atoms with Crippen LogP contribution in [0.4, 0.5) is 0 Å². The molecule has 0 bridgehead atoms. The number of halogens is 1. The summed E-state index contributed by atoms with van der Waals surface area (Å²) in [6.45, 7) is 12.7. The zero-order valence-electron chi connectivity index (χ0n) is 22.8. The molecule has 3 aromatic carbocycles. The number of carbonyl (C=O) groups excluding carboxylic acids is 2. The lowest BCUT2D eigenvalue weighted by Gasteiger charge is -2.17. The van der Waals surface area contributed by atoms with Crippen LogP contribution in [0.3, 0.4) is 0 Å². The molecule has 0 saturated carbocycles. The molecule has 5 nitrogen and oxygen atoms in total. The van der Waals surface area contributed by atoms with Gasteiger partial charge < -0.3 is 14.6 Å². The largest absolute Gasteiger partial charge is 0.483 e. The molecule has 4 rings (SSSR count). The second kappa shape index (κ2) is 11.4. The van der Waals surface area contributed by atoms with Crippen LogP contribution < -0.4 is 10.1 Å².